The molecule has 0 aromatic heterocycles. The fraction of sp³-hybridized carbons (Fsp3) is 0.0588. The first-order valence-electron chi connectivity index (χ1n) is 6.40. The summed E-state index contributed by atoms with van der Waals surface area (Å²) in [4.78, 5) is 26.3. The topological polar surface area (TPSA) is 34.1 Å². The molecule has 1 aliphatic carbocycles. The SMILES string of the molecule is CC1=C(Sc2cccc(Cl)c2)C(=O)c2ccccc2C1=O. The first-order valence-corrected chi connectivity index (χ1v) is 7.60. The zero-order chi connectivity index (χ0) is 15.0. The van der Waals surface area contributed by atoms with E-state index in [0.717, 1.165) is 4.90 Å². The number of benzene rings is 2. The molecule has 2 aromatic carbocycles. The average molecular weight is 315 g/mol. The van der Waals surface area contributed by atoms with Gasteiger partial charge in [0.25, 0.3) is 0 Å². The van der Waals surface area contributed by atoms with Gasteiger partial charge in [0.15, 0.2) is 5.78 Å². The summed E-state index contributed by atoms with van der Waals surface area (Å²) in [6, 6.07) is 14.2. The van der Waals surface area contributed by atoms with Gasteiger partial charge in [0.1, 0.15) is 0 Å². The third-order valence-corrected chi connectivity index (χ3v) is 4.74. The molecular weight excluding hydrogens is 304 g/mol. The Balaban J connectivity index is 2.05. The lowest BCUT2D eigenvalue weighted by Gasteiger charge is -2.18. The summed E-state index contributed by atoms with van der Waals surface area (Å²) >= 11 is 7.25. The van der Waals surface area contributed by atoms with E-state index in [1.54, 1.807) is 43.3 Å². The molecule has 21 heavy (non-hydrogen) atoms. The molecule has 0 radical (unpaired) electrons. The van der Waals surface area contributed by atoms with E-state index in [0.29, 0.717) is 26.6 Å². The van der Waals surface area contributed by atoms with E-state index in [-0.39, 0.29) is 11.6 Å². The van der Waals surface area contributed by atoms with Crippen LogP contribution in [0.15, 0.2) is 63.9 Å². The number of ketones is 2. The summed E-state index contributed by atoms with van der Waals surface area (Å²) in [6.45, 7) is 1.70. The van der Waals surface area contributed by atoms with Gasteiger partial charge < -0.3 is 0 Å². The van der Waals surface area contributed by atoms with Crippen molar-refractivity contribution in [2.75, 3.05) is 0 Å². The Morgan fingerprint density at radius 3 is 2.24 bits per heavy atom. The van der Waals surface area contributed by atoms with Crippen molar-refractivity contribution < 1.29 is 9.59 Å². The third-order valence-electron chi connectivity index (χ3n) is 3.32. The Hall–Kier alpha value is -1.84. The normalized spacial score (nSPS) is 14.4. The molecule has 2 aromatic rings. The lowest BCUT2D eigenvalue weighted by atomic mass is 9.90. The molecule has 4 heteroatoms. The van der Waals surface area contributed by atoms with Gasteiger partial charge in [0, 0.05) is 26.6 Å². The molecule has 0 atom stereocenters. The van der Waals surface area contributed by atoms with E-state index in [9.17, 15) is 9.59 Å². The Bertz CT molecular complexity index is 793. The maximum Gasteiger partial charge on any atom is 0.200 e. The summed E-state index contributed by atoms with van der Waals surface area (Å²) in [6.07, 6.45) is 0. The number of allylic oxidation sites excluding steroid dienone is 2. The number of rotatable bonds is 2. The Labute approximate surface area is 131 Å². The van der Waals surface area contributed by atoms with Gasteiger partial charge >= 0.3 is 0 Å². The lowest BCUT2D eigenvalue weighted by Crippen LogP contribution is -2.19. The molecule has 0 heterocycles. The minimum absolute atomic E-state index is 0.0882. The van der Waals surface area contributed by atoms with Crippen molar-refractivity contribution >= 4 is 34.9 Å². The number of fused-ring (bicyclic) bond motifs is 1. The van der Waals surface area contributed by atoms with Crippen molar-refractivity contribution in [3.8, 4) is 0 Å². The van der Waals surface area contributed by atoms with Crippen LogP contribution in [0.2, 0.25) is 5.02 Å². The molecule has 0 N–H and O–H groups in total. The molecule has 3 rings (SSSR count). The average Bonchev–Trinajstić information content (AvgIpc) is 2.49. The second kappa shape index (κ2) is 5.51. The van der Waals surface area contributed by atoms with Crippen LogP contribution in [0, 0.1) is 0 Å². The van der Waals surface area contributed by atoms with Gasteiger partial charge in [-0.3, -0.25) is 9.59 Å². The summed E-state index contributed by atoms with van der Waals surface area (Å²) < 4.78 is 0. The molecule has 0 spiro atoms. The minimum atomic E-state index is -0.104. The van der Waals surface area contributed by atoms with Crippen LogP contribution in [0.5, 0.6) is 0 Å². The first-order chi connectivity index (χ1) is 10.1. The van der Waals surface area contributed by atoms with Gasteiger partial charge in [-0.2, -0.15) is 0 Å². The van der Waals surface area contributed by atoms with E-state index >= 15 is 0 Å². The highest BCUT2D eigenvalue weighted by molar-refractivity contribution is 8.04. The molecule has 0 amide bonds. The first kappa shape index (κ1) is 14.1. The predicted octanol–water partition coefficient (Wildman–Crippen LogP) is 4.79. The van der Waals surface area contributed by atoms with Crippen LogP contribution in [-0.4, -0.2) is 11.6 Å². The fourth-order valence-corrected chi connectivity index (χ4v) is 3.52. The highest BCUT2D eigenvalue weighted by atomic mass is 35.5. The van der Waals surface area contributed by atoms with Gasteiger partial charge in [-0.25, -0.2) is 0 Å². The molecule has 1 aliphatic rings. The van der Waals surface area contributed by atoms with E-state index in [1.165, 1.54) is 11.8 Å². The molecule has 0 aliphatic heterocycles. The Kier molecular flexibility index (Phi) is 3.70. The second-order valence-electron chi connectivity index (χ2n) is 4.72. The van der Waals surface area contributed by atoms with Gasteiger partial charge in [-0.05, 0) is 25.1 Å². The van der Waals surface area contributed by atoms with Crippen molar-refractivity contribution in [2.45, 2.75) is 11.8 Å². The standard InChI is InChI=1S/C17H11ClO2S/c1-10-15(19)13-7-2-3-8-14(13)16(20)17(10)21-12-6-4-5-11(18)9-12/h2-9H,1H3. The quantitative estimate of drug-likeness (QED) is 0.799. The third kappa shape index (κ3) is 2.55. The van der Waals surface area contributed by atoms with Crippen LogP contribution in [0.1, 0.15) is 27.6 Å². The van der Waals surface area contributed by atoms with Gasteiger partial charge in [0.05, 0.1) is 4.91 Å². The van der Waals surface area contributed by atoms with Crippen molar-refractivity contribution in [1.29, 1.82) is 0 Å². The number of thioether (sulfide) groups is 1. The van der Waals surface area contributed by atoms with E-state index in [4.69, 9.17) is 11.6 Å². The molecule has 0 saturated carbocycles. The Morgan fingerprint density at radius 2 is 1.57 bits per heavy atom. The van der Waals surface area contributed by atoms with Gasteiger partial charge in [-0.15, -0.1) is 0 Å². The molecule has 0 fully saturated rings. The molecule has 2 nitrogen and oxygen atoms in total. The maximum atomic E-state index is 12.6. The number of Topliss-reactive ketones (excluding diaryl/α,β-unsaturated/α-hetero) is 2. The molecule has 104 valence electrons. The largest absolute Gasteiger partial charge is 0.289 e. The van der Waals surface area contributed by atoms with Gasteiger partial charge in [-0.1, -0.05) is 53.7 Å². The number of hydrogen-bond donors (Lipinski definition) is 0. The lowest BCUT2D eigenvalue weighted by molar-refractivity contribution is 0.0981. The van der Waals surface area contributed by atoms with E-state index in [2.05, 4.69) is 0 Å². The Morgan fingerprint density at radius 1 is 0.905 bits per heavy atom. The summed E-state index contributed by atoms with van der Waals surface area (Å²) in [5, 5.41) is 0.605. The maximum absolute atomic E-state index is 12.6. The molecular formula is C17H11ClO2S. The molecule has 0 saturated heterocycles. The van der Waals surface area contributed by atoms with Crippen molar-refractivity contribution in [3.63, 3.8) is 0 Å². The van der Waals surface area contributed by atoms with Crippen molar-refractivity contribution in [2.24, 2.45) is 0 Å². The highest BCUT2D eigenvalue weighted by Crippen LogP contribution is 2.37. The van der Waals surface area contributed by atoms with Crippen molar-refractivity contribution in [1.82, 2.24) is 0 Å². The number of halogens is 1. The zero-order valence-corrected chi connectivity index (χ0v) is 12.8. The summed E-state index contributed by atoms with van der Waals surface area (Å²) in [5.74, 6) is -0.192. The van der Waals surface area contributed by atoms with Crippen LogP contribution in [0.3, 0.4) is 0 Å². The predicted molar refractivity (Wildman–Crippen MR) is 85.1 cm³/mol. The molecule has 0 unspecified atom stereocenters. The van der Waals surface area contributed by atoms with Crippen LogP contribution >= 0.6 is 23.4 Å². The minimum Gasteiger partial charge on any atom is -0.289 e. The van der Waals surface area contributed by atoms with Crippen LogP contribution in [0.4, 0.5) is 0 Å². The van der Waals surface area contributed by atoms with Crippen LogP contribution < -0.4 is 0 Å². The van der Waals surface area contributed by atoms with Crippen molar-refractivity contribution in [3.05, 3.63) is 75.2 Å². The summed E-state index contributed by atoms with van der Waals surface area (Å²) in [7, 11) is 0. The smallest absolute Gasteiger partial charge is 0.200 e. The monoisotopic (exact) mass is 314 g/mol. The van der Waals surface area contributed by atoms with Crippen LogP contribution in [0.25, 0.3) is 0 Å². The van der Waals surface area contributed by atoms with Crippen LogP contribution in [-0.2, 0) is 0 Å². The second-order valence-corrected chi connectivity index (χ2v) is 6.24. The zero-order valence-electron chi connectivity index (χ0n) is 11.2. The van der Waals surface area contributed by atoms with Gasteiger partial charge in [0.2, 0.25) is 5.78 Å². The van der Waals surface area contributed by atoms with E-state index < -0.39 is 0 Å². The van der Waals surface area contributed by atoms with E-state index in [1.807, 2.05) is 12.1 Å². The number of carbonyl (C=O) groups excluding carboxylic acids is 2. The number of hydrogen-bond acceptors (Lipinski definition) is 3. The number of carbonyl (C=O) groups is 2. The molecule has 0 bridgehead atoms. The highest BCUT2D eigenvalue weighted by Gasteiger charge is 2.30. The fourth-order valence-electron chi connectivity index (χ4n) is 2.25. The summed E-state index contributed by atoms with van der Waals surface area (Å²) in [5.41, 5.74) is 1.44.